The molecule has 10 heteroatoms. The van der Waals surface area contributed by atoms with Crippen molar-refractivity contribution in [2.75, 3.05) is 26.3 Å². The summed E-state index contributed by atoms with van der Waals surface area (Å²) >= 11 is 0. The molecule has 0 unspecified atom stereocenters. The molecule has 1 saturated heterocycles. The van der Waals surface area contributed by atoms with Gasteiger partial charge < -0.3 is 15.6 Å². The standard InChI is InChI=1S/C30H32FN5O4/c31-21-16-27-28(33-17-21)35(30(39)36(29(27)38)23-6-4-22(32)5-7-23)24-3-1-2-19(14-24)26-9-8-25(37)15-20(26)18-34-10-12-40-13-11-34/h1-3,8-9,14-17,22-23,37H,4-7,10-13,18,32H2. The highest BCUT2D eigenvalue weighted by Crippen LogP contribution is 2.31. The molecule has 0 amide bonds. The smallest absolute Gasteiger partial charge is 0.337 e. The number of phenols is 1. The summed E-state index contributed by atoms with van der Waals surface area (Å²) in [5, 5.41) is 10.3. The molecule has 2 aromatic heterocycles. The van der Waals surface area contributed by atoms with Crippen molar-refractivity contribution in [2.45, 2.75) is 44.3 Å². The number of aromatic nitrogens is 3. The fourth-order valence-electron chi connectivity index (χ4n) is 5.90. The number of hydrogen-bond donors (Lipinski definition) is 2. The highest BCUT2D eigenvalue weighted by Gasteiger charge is 2.26. The summed E-state index contributed by atoms with van der Waals surface area (Å²) in [4.78, 5) is 34.0. The van der Waals surface area contributed by atoms with Gasteiger partial charge in [-0.05, 0) is 72.7 Å². The molecule has 2 fully saturated rings. The first kappa shape index (κ1) is 26.4. The van der Waals surface area contributed by atoms with Crippen LogP contribution < -0.4 is 17.0 Å². The zero-order valence-corrected chi connectivity index (χ0v) is 22.1. The largest absolute Gasteiger partial charge is 0.508 e. The van der Waals surface area contributed by atoms with Crippen molar-refractivity contribution < 1.29 is 14.2 Å². The van der Waals surface area contributed by atoms with Gasteiger partial charge in [0.25, 0.3) is 5.56 Å². The topological polar surface area (TPSA) is 116 Å². The minimum atomic E-state index is -0.641. The maximum atomic E-state index is 14.3. The fraction of sp³-hybridized carbons (Fsp3) is 0.367. The van der Waals surface area contributed by atoms with Gasteiger partial charge in [-0.3, -0.25) is 14.3 Å². The highest BCUT2D eigenvalue weighted by atomic mass is 19.1. The second-order valence-electron chi connectivity index (χ2n) is 10.7. The average molecular weight is 546 g/mol. The third-order valence-electron chi connectivity index (χ3n) is 8.00. The van der Waals surface area contributed by atoms with E-state index in [2.05, 4.69) is 9.88 Å². The number of benzene rings is 2. The molecule has 4 aromatic rings. The molecule has 0 bridgehead atoms. The zero-order chi connectivity index (χ0) is 27.8. The van der Waals surface area contributed by atoms with Crippen LogP contribution in [0.3, 0.4) is 0 Å². The van der Waals surface area contributed by atoms with E-state index in [1.54, 1.807) is 18.2 Å². The summed E-state index contributed by atoms with van der Waals surface area (Å²) in [6.45, 7) is 3.56. The second kappa shape index (κ2) is 11.0. The molecule has 2 aliphatic rings. The van der Waals surface area contributed by atoms with Gasteiger partial charge in [0.05, 0.1) is 30.5 Å². The molecule has 6 rings (SSSR count). The van der Waals surface area contributed by atoms with Gasteiger partial charge in [0.1, 0.15) is 11.6 Å². The molecule has 0 spiro atoms. The quantitative estimate of drug-likeness (QED) is 0.395. The first-order valence-corrected chi connectivity index (χ1v) is 13.7. The SMILES string of the molecule is NC1CCC(n2c(=O)c3cc(F)cnc3n(-c3cccc(-c4ccc(O)cc4CN4CCOCC4)c3)c2=O)CC1. The van der Waals surface area contributed by atoms with Crippen LogP contribution in [0, 0.1) is 5.82 Å². The molecule has 0 radical (unpaired) electrons. The number of hydrogen-bond acceptors (Lipinski definition) is 7. The molecule has 1 saturated carbocycles. The summed E-state index contributed by atoms with van der Waals surface area (Å²) in [6, 6.07) is 13.6. The van der Waals surface area contributed by atoms with Gasteiger partial charge >= 0.3 is 5.69 Å². The number of nitrogens with zero attached hydrogens (tertiary/aromatic N) is 4. The first-order valence-electron chi connectivity index (χ1n) is 13.7. The third-order valence-corrected chi connectivity index (χ3v) is 8.00. The van der Waals surface area contributed by atoms with E-state index in [9.17, 15) is 19.1 Å². The third kappa shape index (κ3) is 5.05. The summed E-state index contributed by atoms with van der Waals surface area (Å²) < 4.78 is 22.4. The van der Waals surface area contributed by atoms with Gasteiger partial charge in [-0.2, -0.15) is 0 Å². The van der Waals surface area contributed by atoms with Gasteiger partial charge in [-0.15, -0.1) is 0 Å². The maximum Gasteiger partial charge on any atom is 0.337 e. The van der Waals surface area contributed by atoms with E-state index in [-0.39, 0.29) is 28.9 Å². The van der Waals surface area contributed by atoms with E-state index in [0.717, 1.165) is 42.0 Å². The summed E-state index contributed by atoms with van der Waals surface area (Å²) in [5.74, 6) is -0.464. The Bertz CT molecular complexity index is 1670. The van der Waals surface area contributed by atoms with Crippen LogP contribution >= 0.6 is 0 Å². The van der Waals surface area contributed by atoms with Gasteiger partial charge in [-0.1, -0.05) is 18.2 Å². The van der Waals surface area contributed by atoms with Crippen LogP contribution in [0.2, 0.25) is 0 Å². The molecule has 40 heavy (non-hydrogen) atoms. The number of nitrogens with two attached hydrogens (primary N) is 1. The van der Waals surface area contributed by atoms with Crippen molar-refractivity contribution in [2.24, 2.45) is 5.73 Å². The summed E-state index contributed by atoms with van der Waals surface area (Å²) in [7, 11) is 0. The molecule has 1 aliphatic carbocycles. The van der Waals surface area contributed by atoms with Crippen molar-refractivity contribution in [3.05, 3.63) is 86.9 Å². The maximum absolute atomic E-state index is 14.3. The lowest BCUT2D eigenvalue weighted by Crippen LogP contribution is -2.44. The number of fused-ring (bicyclic) bond motifs is 1. The van der Waals surface area contributed by atoms with Gasteiger partial charge in [0.15, 0.2) is 5.65 Å². The Morgan fingerprint density at radius 3 is 2.58 bits per heavy atom. The van der Waals surface area contributed by atoms with Crippen LogP contribution in [-0.2, 0) is 11.3 Å². The van der Waals surface area contributed by atoms with Gasteiger partial charge in [0.2, 0.25) is 0 Å². The lowest BCUT2D eigenvalue weighted by molar-refractivity contribution is 0.0342. The van der Waals surface area contributed by atoms with Crippen molar-refractivity contribution in [1.29, 1.82) is 0 Å². The number of phenolic OH excluding ortho intramolecular Hbond substituents is 1. The predicted molar refractivity (Wildman–Crippen MR) is 150 cm³/mol. The van der Waals surface area contributed by atoms with E-state index in [1.807, 2.05) is 24.3 Å². The number of ether oxygens (including phenoxy) is 1. The molecule has 0 atom stereocenters. The average Bonchev–Trinajstić information content (AvgIpc) is 2.95. The van der Waals surface area contributed by atoms with Crippen molar-refractivity contribution in [1.82, 2.24) is 19.0 Å². The molecular weight excluding hydrogens is 513 g/mol. The molecule has 3 N–H and O–H groups in total. The van der Waals surface area contributed by atoms with Crippen molar-refractivity contribution in [3.8, 4) is 22.6 Å². The molecule has 2 aromatic carbocycles. The molecule has 1 aliphatic heterocycles. The van der Waals surface area contributed by atoms with E-state index in [1.165, 1.54) is 9.13 Å². The van der Waals surface area contributed by atoms with Crippen LogP contribution in [0.1, 0.15) is 37.3 Å². The van der Waals surface area contributed by atoms with E-state index < -0.39 is 17.1 Å². The second-order valence-corrected chi connectivity index (χ2v) is 10.7. The minimum Gasteiger partial charge on any atom is -0.508 e. The van der Waals surface area contributed by atoms with Gasteiger partial charge in [-0.25, -0.2) is 18.7 Å². The first-order chi connectivity index (χ1) is 19.4. The number of morpholine rings is 1. The Labute approximate surface area is 230 Å². The van der Waals surface area contributed by atoms with E-state index >= 15 is 0 Å². The zero-order valence-electron chi connectivity index (χ0n) is 22.1. The minimum absolute atomic E-state index is 0.0439. The monoisotopic (exact) mass is 545 g/mol. The molecule has 9 nitrogen and oxygen atoms in total. The molecular formula is C30H32FN5O4. The van der Waals surface area contributed by atoms with Crippen LogP contribution in [0.4, 0.5) is 4.39 Å². The predicted octanol–water partition coefficient (Wildman–Crippen LogP) is 3.33. The number of halogens is 1. The van der Waals surface area contributed by atoms with Crippen LogP contribution in [-0.4, -0.2) is 56.5 Å². The summed E-state index contributed by atoms with van der Waals surface area (Å²) in [5.41, 5.74) is 8.35. The Morgan fingerprint density at radius 1 is 1.02 bits per heavy atom. The molecule has 208 valence electrons. The Hall–Kier alpha value is -3.86. The van der Waals surface area contributed by atoms with Crippen LogP contribution in [0.25, 0.3) is 27.8 Å². The number of rotatable bonds is 5. The van der Waals surface area contributed by atoms with E-state index in [0.29, 0.717) is 51.1 Å². The summed E-state index contributed by atoms with van der Waals surface area (Å²) in [6.07, 6.45) is 3.63. The highest BCUT2D eigenvalue weighted by molar-refractivity contribution is 5.77. The number of pyridine rings is 1. The Kier molecular flexibility index (Phi) is 7.22. The molecule has 3 heterocycles. The van der Waals surface area contributed by atoms with Crippen molar-refractivity contribution >= 4 is 11.0 Å². The Balaban J connectivity index is 1.49. The Morgan fingerprint density at radius 2 is 1.80 bits per heavy atom. The van der Waals surface area contributed by atoms with Gasteiger partial charge in [0, 0.05) is 31.7 Å². The lowest BCUT2D eigenvalue weighted by Gasteiger charge is -2.28. The van der Waals surface area contributed by atoms with Crippen molar-refractivity contribution in [3.63, 3.8) is 0 Å². The normalized spacial score (nSPS) is 20.1. The van der Waals surface area contributed by atoms with E-state index in [4.69, 9.17) is 10.5 Å². The number of aromatic hydroxyl groups is 1. The van der Waals surface area contributed by atoms with Crippen LogP contribution in [0.15, 0.2) is 64.3 Å². The lowest BCUT2D eigenvalue weighted by atomic mass is 9.91. The van der Waals surface area contributed by atoms with Crippen LogP contribution in [0.5, 0.6) is 5.75 Å². The fourth-order valence-corrected chi connectivity index (χ4v) is 5.90.